The maximum absolute atomic E-state index is 13.2. The van der Waals surface area contributed by atoms with Crippen LogP contribution < -0.4 is 16.0 Å². The third kappa shape index (κ3) is 8.37. The van der Waals surface area contributed by atoms with Crippen molar-refractivity contribution in [2.45, 2.75) is 4.90 Å². The molecule has 202 valence electrons. The number of carbonyl (C=O) groups is 3. The summed E-state index contributed by atoms with van der Waals surface area (Å²) < 4.78 is 0. The zero-order chi connectivity index (χ0) is 28.5. The molecule has 40 heavy (non-hydrogen) atoms. The van der Waals surface area contributed by atoms with Crippen LogP contribution in [0.25, 0.3) is 6.08 Å². The summed E-state index contributed by atoms with van der Waals surface area (Å²) in [5.74, 6) is -1.05. The van der Waals surface area contributed by atoms with Crippen molar-refractivity contribution in [3.8, 4) is 0 Å². The highest BCUT2D eigenvalue weighted by atomic mass is 35.5. The Labute approximate surface area is 250 Å². The minimum absolute atomic E-state index is 0.0248. The van der Waals surface area contributed by atoms with Gasteiger partial charge in [-0.05, 0) is 72.3 Å². The van der Waals surface area contributed by atoms with Crippen molar-refractivity contribution < 1.29 is 14.4 Å². The van der Waals surface area contributed by atoms with Gasteiger partial charge >= 0.3 is 0 Å². The van der Waals surface area contributed by atoms with E-state index in [1.54, 1.807) is 97.1 Å². The summed E-state index contributed by atoms with van der Waals surface area (Å²) in [6.07, 6.45) is 1.52. The minimum Gasteiger partial charge on any atom is -0.324 e. The number of rotatable bonds is 9. The molecule has 0 bridgehead atoms. The Balaban J connectivity index is 1.41. The van der Waals surface area contributed by atoms with Crippen molar-refractivity contribution in [1.82, 2.24) is 5.32 Å². The molecule has 10 heteroatoms. The topological polar surface area (TPSA) is 87.3 Å². The van der Waals surface area contributed by atoms with Crippen molar-refractivity contribution in [2.75, 3.05) is 16.4 Å². The number of anilines is 2. The lowest BCUT2D eigenvalue weighted by atomic mass is 10.1. The Hall–Kier alpha value is -3.75. The predicted octanol–water partition coefficient (Wildman–Crippen LogP) is 7.79. The number of hydrogen-bond donors (Lipinski definition) is 3. The van der Waals surface area contributed by atoms with Crippen LogP contribution in [0.2, 0.25) is 15.1 Å². The number of thioether (sulfide) groups is 1. The summed E-state index contributed by atoms with van der Waals surface area (Å²) >= 11 is 19.7. The average molecular weight is 611 g/mol. The van der Waals surface area contributed by atoms with Gasteiger partial charge in [0.1, 0.15) is 5.70 Å². The molecule has 0 aliphatic heterocycles. The van der Waals surface area contributed by atoms with Crippen molar-refractivity contribution >= 4 is 81.7 Å². The standard InChI is InChI=1S/C30H22Cl3N3O3S/c31-21-10-15-25(33)26(17-21)35-28(37)18-40-23-13-11-22(12-14-23)34-30(39)27(16-20-8-4-5-9-24(20)32)36-29(38)19-6-2-1-3-7-19/h1-17H,18H2,(H,34,39)(H,35,37)(H,36,38)/b27-16-. The quantitative estimate of drug-likeness (QED) is 0.133. The van der Waals surface area contributed by atoms with Crippen LogP contribution in [0.1, 0.15) is 15.9 Å². The average Bonchev–Trinajstić information content (AvgIpc) is 2.95. The van der Waals surface area contributed by atoms with E-state index in [1.807, 2.05) is 0 Å². The zero-order valence-electron chi connectivity index (χ0n) is 20.8. The molecule has 0 saturated carbocycles. The number of amides is 3. The Morgan fingerprint density at radius 3 is 2.17 bits per heavy atom. The lowest BCUT2D eigenvalue weighted by Gasteiger charge is -2.12. The highest BCUT2D eigenvalue weighted by Gasteiger charge is 2.16. The van der Waals surface area contributed by atoms with E-state index in [4.69, 9.17) is 34.8 Å². The molecule has 4 aromatic carbocycles. The van der Waals surface area contributed by atoms with Crippen LogP contribution in [0.5, 0.6) is 0 Å². The zero-order valence-corrected chi connectivity index (χ0v) is 23.9. The van der Waals surface area contributed by atoms with E-state index in [9.17, 15) is 14.4 Å². The van der Waals surface area contributed by atoms with Crippen LogP contribution in [-0.2, 0) is 9.59 Å². The second kappa shape index (κ2) is 14.1. The molecular weight excluding hydrogens is 589 g/mol. The first-order chi connectivity index (χ1) is 19.3. The van der Waals surface area contributed by atoms with Crippen molar-refractivity contribution in [2.24, 2.45) is 0 Å². The molecule has 0 radical (unpaired) electrons. The van der Waals surface area contributed by atoms with Gasteiger partial charge in [0.2, 0.25) is 5.91 Å². The maximum atomic E-state index is 13.2. The summed E-state index contributed by atoms with van der Waals surface area (Å²) in [7, 11) is 0. The first kappa shape index (κ1) is 29.2. The predicted molar refractivity (Wildman–Crippen MR) is 164 cm³/mol. The Bertz CT molecular complexity index is 1560. The molecule has 0 atom stereocenters. The smallest absolute Gasteiger partial charge is 0.272 e. The van der Waals surface area contributed by atoms with Crippen LogP contribution >= 0.6 is 46.6 Å². The largest absolute Gasteiger partial charge is 0.324 e. The van der Waals surface area contributed by atoms with Crippen molar-refractivity contribution in [3.63, 3.8) is 0 Å². The molecular formula is C30H22Cl3N3O3S. The molecule has 0 fully saturated rings. The highest BCUT2D eigenvalue weighted by molar-refractivity contribution is 8.00. The molecule has 0 aliphatic carbocycles. The number of halogens is 3. The van der Waals surface area contributed by atoms with Crippen LogP contribution in [0.3, 0.4) is 0 Å². The summed E-state index contributed by atoms with van der Waals surface area (Å²) in [5.41, 5.74) is 1.95. The van der Waals surface area contributed by atoms with Crippen LogP contribution in [0, 0.1) is 0 Å². The van der Waals surface area contributed by atoms with Gasteiger partial charge in [0.25, 0.3) is 11.8 Å². The Morgan fingerprint density at radius 1 is 0.750 bits per heavy atom. The molecule has 0 aromatic heterocycles. The van der Waals surface area contributed by atoms with Gasteiger partial charge in [0.05, 0.1) is 16.5 Å². The number of nitrogens with one attached hydrogen (secondary N) is 3. The van der Waals surface area contributed by atoms with Crippen molar-refractivity contribution in [1.29, 1.82) is 0 Å². The SMILES string of the molecule is O=C(CSc1ccc(NC(=O)/C(=C/c2ccccc2Cl)NC(=O)c2ccccc2)cc1)Nc1cc(Cl)ccc1Cl. The molecule has 6 nitrogen and oxygen atoms in total. The fourth-order valence-electron chi connectivity index (χ4n) is 3.45. The Morgan fingerprint density at radius 2 is 1.45 bits per heavy atom. The minimum atomic E-state index is -0.526. The van der Waals surface area contributed by atoms with Gasteiger partial charge in [-0.2, -0.15) is 0 Å². The fourth-order valence-corrected chi connectivity index (χ4v) is 4.68. The fraction of sp³-hybridized carbons (Fsp3) is 0.0333. The maximum Gasteiger partial charge on any atom is 0.272 e. The van der Waals surface area contributed by atoms with Crippen molar-refractivity contribution in [3.05, 3.63) is 129 Å². The van der Waals surface area contributed by atoms with Gasteiger partial charge in [-0.25, -0.2) is 0 Å². The third-order valence-electron chi connectivity index (χ3n) is 5.42. The van der Waals surface area contributed by atoms with Gasteiger partial charge in [0.15, 0.2) is 0 Å². The van der Waals surface area contributed by atoms with E-state index in [0.717, 1.165) is 4.90 Å². The molecule has 3 N–H and O–H groups in total. The van der Waals surface area contributed by atoms with Gasteiger partial charge < -0.3 is 16.0 Å². The lowest BCUT2D eigenvalue weighted by molar-refractivity contribution is -0.114. The van der Waals surface area contributed by atoms with Gasteiger partial charge in [-0.1, -0.05) is 71.2 Å². The molecule has 3 amide bonds. The molecule has 0 saturated heterocycles. The Kier molecular flexibility index (Phi) is 10.3. The molecule has 0 spiro atoms. The van der Waals surface area contributed by atoms with Gasteiger partial charge in [0, 0.05) is 26.2 Å². The molecule has 0 unspecified atom stereocenters. The molecule has 0 aliphatic rings. The van der Waals surface area contributed by atoms with Gasteiger partial charge in [-0.3, -0.25) is 14.4 Å². The third-order valence-corrected chi connectivity index (χ3v) is 7.34. The number of hydrogen-bond acceptors (Lipinski definition) is 4. The second-order valence-electron chi connectivity index (χ2n) is 8.34. The molecule has 4 aromatic rings. The molecule has 0 heterocycles. The normalized spacial score (nSPS) is 11.0. The number of carbonyl (C=O) groups excluding carboxylic acids is 3. The van der Waals surface area contributed by atoms with E-state index in [2.05, 4.69) is 16.0 Å². The summed E-state index contributed by atoms with van der Waals surface area (Å²) in [4.78, 5) is 39.2. The van der Waals surface area contributed by atoms with E-state index in [1.165, 1.54) is 17.8 Å². The number of benzene rings is 4. The monoisotopic (exact) mass is 609 g/mol. The van der Waals surface area contributed by atoms with Gasteiger partial charge in [-0.15, -0.1) is 11.8 Å². The van der Waals surface area contributed by atoms with E-state index in [-0.39, 0.29) is 17.4 Å². The van der Waals surface area contributed by atoms with E-state index < -0.39 is 11.8 Å². The molecule has 4 rings (SSSR count). The van der Waals surface area contributed by atoms with Crippen LogP contribution in [-0.4, -0.2) is 23.5 Å². The first-order valence-electron chi connectivity index (χ1n) is 11.9. The second-order valence-corrected chi connectivity index (χ2v) is 10.6. The van der Waals surface area contributed by atoms with Crippen LogP contribution in [0.4, 0.5) is 11.4 Å². The first-order valence-corrected chi connectivity index (χ1v) is 14.0. The summed E-state index contributed by atoms with van der Waals surface area (Å²) in [6.45, 7) is 0. The lowest BCUT2D eigenvalue weighted by Crippen LogP contribution is -2.30. The summed E-state index contributed by atoms with van der Waals surface area (Å²) in [6, 6.07) is 27.4. The van der Waals surface area contributed by atoms with E-state index in [0.29, 0.717) is 37.6 Å². The van der Waals surface area contributed by atoms with E-state index >= 15 is 0 Å². The highest BCUT2D eigenvalue weighted by Crippen LogP contribution is 2.26. The van der Waals surface area contributed by atoms with Crippen LogP contribution in [0.15, 0.2) is 108 Å². The summed E-state index contributed by atoms with van der Waals surface area (Å²) in [5, 5.41) is 9.52.